The summed E-state index contributed by atoms with van der Waals surface area (Å²) in [4.78, 5) is 4.05. The topological polar surface area (TPSA) is 34.1 Å². The van der Waals surface area contributed by atoms with Crippen molar-refractivity contribution in [2.45, 2.75) is 52.2 Å². The van der Waals surface area contributed by atoms with Crippen LogP contribution in [-0.4, -0.2) is 30.3 Å². The molecule has 0 saturated heterocycles. The molecule has 3 nitrogen and oxygen atoms in total. The number of nitrogens with zero attached hydrogens (tertiary/aromatic N) is 1. The molecule has 1 aliphatic carbocycles. The number of aromatic nitrogens is 1. The Morgan fingerprint density at radius 2 is 2.11 bits per heavy atom. The Kier molecular flexibility index (Phi) is 4.94. The van der Waals surface area contributed by atoms with Gasteiger partial charge in [0.25, 0.3) is 0 Å². The summed E-state index contributed by atoms with van der Waals surface area (Å²) >= 11 is 0. The van der Waals surface area contributed by atoms with E-state index in [1.165, 1.54) is 12.0 Å². The van der Waals surface area contributed by atoms with Crippen LogP contribution in [-0.2, 0) is 11.2 Å². The van der Waals surface area contributed by atoms with Gasteiger partial charge < -0.3 is 10.1 Å². The molecule has 19 heavy (non-hydrogen) atoms. The van der Waals surface area contributed by atoms with Gasteiger partial charge in [0.1, 0.15) is 0 Å². The average molecular weight is 262 g/mol. The minimum absolute atomic E-state index is 0.300. The van der Waals surface area contributed by atoms with E-state index in [4.69, 9.17) is 4.74 Å². The van der Waals surface area contributed by atoms with Crippen molar-refractivity contribution in [1.29, 1.82) is 0 Å². The molecule has 1 aromatic heterocycles. The van der Waals surface area contributed by atoms with Gasteiger partial charge in [-0.3, -0.25) is 4.98 Å². The summed E-state index contributed by atoms with van der Waals surface area (Å²) in [6.07, 6.45) is 7.54. The van der Waals surface area contributed by atoms with Crippen molar-refractivity contribution < 1.29 is 4.74 Å². The van der Waals surface area contributed by atoms with Crippen molar-refractivity contribution in [1.82, 2.24) is 10.3 Å². The summed E-state index contributed by atoms with van der Waals surface area (Å²) in [7, 11) is 0. The zero-order chi connectivity index (χ0) is 13.7. The van der Waals surface area contributed by atoms with Gasteiger partial charge in [-0.25, -0.2) is 0 Å². The molecule has 1 N–H and O–H groups in total. The van der Waals surface area contributed by atoms with Gasteiger partial charge in [-0.05, 0) is 50.4 Å². The summed E-state index contributed by atoms with van der Waals surface area (Å²) in [6, 6.07) is 4.77. The van der Waals surface area contributed by atoms with E-state index in [2.05, 4.69) is 43.2 Å². The van der Waals surface area contributed by atoms with Gasteiger partial charge in [-0.15, -0.1) is 0 Å². The zero-order valence-corrected chi connectivity index (χ0v) is 12.4. The Balaban J connectivity index is 1.78. The van der Waals surface area contributed by atoms with E-state index in [9.17, 15) is 0 Å². The lowest BCUT2D eigenvalue weighted by Gasteiger charge is -2.53. The van der Waals surface area contributed by atoms with Gasteiger partial charge in [-0.2, -0.15) is 0 Å². The Labute approximate surface area is 116 Å². The molecule has 2 rings (SSSR count). The summed E-state index contributed by atoms with van der Waals surface area (Å²) in [6.45, 7) is 8.55. The van der Waals surface area contributed by atoms with Crippen molar-refractivity contribution in [3.8, 4) is 0 Å². The third kappa shape index (κ3) is 3.15. The third-order valence-electron chi connectivity index (χ3n) is 4.66. The highest BCUT2D eigenvalue weighted by molar-refractivity contribution is 5.10. The van der Waals surface area contributed by atoms with Gasteiger partial charge in [0.05, 0.1) is 6.10 Å². The monoisotopic (exact) mass is 262 g/mol. The fourth-order valence-corrected chi connectivity index (χ4v) is 3.01. The second kappa shape index (κ2) is 6.49. The maximum absolute atomic E-state index is 5.83. The van der Waals surface area contributed by atoms with Gasteiger partial charge >= 0.3 is 0 Å². The third-order valence-corrected chi connectivity index (χ3v) is 4.66. The molecule has 1 fully saturated rings. The fourth-order valence-electron chi connectivity index (χ4n) is 3.01. The first-order chi connectivity index (χ1) is 9.20. The molecule has 0 radical (unpaired) electrons. The fraction of sp³-hybridized carbons (Fsp3) is 0.688. The molecule has 1 saturated carbocycles. The molecule has 3 atom stereocenters. The number of hydrogen-bond acceptors (Lipinski definition) is 3. The second-order valence-electron chi connectivity index (χ2n) is 5.65. The van der Waals surface area contributed by atoms with Crippen LogP contribution in [0.5, 0.6) is 0 Å². The van der Waals surface area contributed by atoms with Gasteiger partial charge in [-0.1, -0.05) is 13.8 Å². The molecule has 3 unspecified atom stereocenters. The van der Waals surface area contributed by atoms with E-state index < -0.39 is 0 Å². The first-order valence-electron chi connectivity index (χ1n) is 7.44. The van der Waals surface area contributed by atoms with Gasteiger partial charge in [0.15, 0.2) is 0 Å². The highest BCUT2D eigenvalue weighted by Gasteiger charge is 2.50. The van der Waals surface area contributed by atoms with Crippen LogP contribution in [0.2, 0.25) is 0 Å². The highest BCUT2D eigenvalue weighted by Crippen LogP contribution is 2.45. The predicted octanol–water partition coefficient (Wildman–Crippen LogP) is 2.81. The minimum Gasteiger partial charge on any atom is -0.378 e. The van der Waals surface area contributed by atoms with E-state index >= 15 is 0 Å². The Hall–Kier alpha value is -0.930. The number of nitrogens with one attached hydrogen (secondary N) is 1. The number of pyridine rings is 1. The van der Waals surface area contributed by atoms with E-state index in [0.717, 1.165) is 26.0 Å². The Morgan fingerprint density at radius 3 is 2.74 bits per heavy atom. The first kappa shape index (κ1) is 14.5. The molecular weight excluding hydrogens is 236 g/mol. The van der Waals surface area contributed by atoms with Crippen LogP contribution < -0.4 is 5.32 Å². The van der Waals surface area contributed by atoms with E-state index in [1.807, 2.05) is 12.4 Å². The standard InChI is InChI=1S/C16H26N2O/c1-4-16(3)14(12-15(16)19-5-2)18-11-8-13-6-9-17-10-7-13/h6-7,9-10,14-15,18H,4-5,8,11-12H2,1-3H3. The van der Waals surface area contributed by atoms with Crippen LogP contribution in [0, 0.1) is 5.41 Å². The van der Waals surface area contributed by atoms with E-state index in [1.54, 1.807) is 0 Å². The van der Waals surface area contributed by atoms with Crippen molar-refractivity contribution in [3.63, 3.8) is 0 Å². The molecule has 3 heteroatoms. The average Bonchev–Trinajstić information content (AvgIpc) is 2.45. The molecule has 1 heterocycles. The quantitative estimate of drug-likeness (QED) is 0.820. The lowest BCUT2D eigenvalue weighted by Crippen LogP contribution is -2.62. The van der Waals surface area contributed by atoms with Crippen molar-refractivity contribution in [2.75, 3.05) is 13.2 Å². The lowest BCUT2D eigenvalue weighted by molar-refractivity contribution is -0.125. The molecule has 0 aliphatic heterocycles. The summed E-state index contributed by atoms with van der Waals surface area (Å²) in [5.74, 6) is 0. The molecule has 1 aromatic rings. The molecule has 0 bridgehead atoms. The Morgan fingerprint density at radius 1 is 1.37 bits per heavy atom. The smallest absolute Gasteiger partial charge is 0.0658 e. The number of hydrogen-bond donors (Lipinski definition) is 1. The molecule has 106 valence electrons. The van der Waals surface area contributed by atoms with E-state index in [-0.39, 0.29) is 0 Å². The molecule has 0 aromatic carbocycles. The lowest BCUT2D eigenvalue weighted by atomic mass is 9.61. The molecule has 1 aliphatic rings. The van der Waals surface area contributed by atoms with Crippen molar-refractivity contribution in [3.05, 3.63) is 30.1 Å². The van der Waals surface area contributed by atoms with Gasteiger partial charge in [0, 0.05) is 30.5 Å². The maximum atomic E-state index is 5.83. The predicted molar refractivity (Wildman–Crippen MR) is 78.2 cm³/mol. The van der Waals surface area contributed by atoms with E-state index in [0.29, 0.717) is 17.6 Å². The van der Waals surface area contributed by atoms with Crippen LogP contribution in [0.4, 0.5) is 0 Å². The maximum Gasteiger partial charge on any atom is 0.0658 e. The van der Waals surface area contributed by atoms with Crippen LogP contribution in [0.3, 0.4) is 0 Å². The SMILES string of the molecule is CCOC1CC(NCCc2ccncc2)C1(C)CC. The normalized spacial score (nSPS) is 30.1. The Bertz CT molecular complexity index is 382. The number of ether oxygens (including phenoxy) is 1. The number of rotatable bonds is 7. The molecular formula is C16H26N2O. The zero-order valence-electron chi connectivity index (χ0n) is 12.4. The van der Waals surface area contributed by atoms with Crippen LogP contribution >= 0.6 is 0 Å². The van der Waals surface area contributed by atoms with Crippen molar-refractivity contribution >= 4 is 0 Å². The van der Waals surface area contributed by atoms with Crippen molar-refractivity contribution in [2.24, 2.45) is 5.41 Å². The largest absolute Gasteiger partial charge is 0.378 e. The second-order valence-corrected chi connectivity index (χ2v) is 5.65. The molecule has 0 amide bonds. The van der Waals surface area contributed by atoms with Crippen LogP contribution in [0.1, 0.15) is 39.2 Å². The van der Waals surface area contributed by atoms with Crippen LogP contribution in [0.15, 0.2) is 24.5 Å². The van der Waals surface area contributed by atoms with Crippen LogP contribution in [0.25, 0.3) is 0 Å². The summed E-state index contributed by atoms with van der Waals surface area (Å²) < 4.78 is 5.83. The highest BCUT2D eigenvalue weighted by atomic mass is 16.5. The van der Waals surface area contributed by atoms with Gasteiger partial charge in [0.2, 0.25) is 0 Å². The minimum atomic E-state index is 0.300. The first-order valence-corrected chi connectivity index (χ1v) is 7.44. The summed E-state index contributed by atoms with van der Waals surface area (Å²) in [5.41, 5.74) is 1.65. The summed E-state index contributed by atoms with van der Waals surface area (Å²) in [5, 5.41) is 3.70. The molecule has 0 spiro atoms.